The normalized spacial score (nSPS) is 24.1. The summed E-state index contributed by atoms with van der Waals surface area (Å²) in [6.07, 6.45) is 7.24. The first kappa shape index (κ1) is 24.1. The molecule has 1 amide bonds. The Kier molecular flexibility index (Phi) is 7.76. The lowest BCUT2D eigenvalue weighted by atomic mass is 10.1. The number of quaternary nitrogens is 1. The number of likely N-dealkylation sites (tertiary alicyclic amines) is 1. The van der Waals surface area contributed by atoms with Gasteiger partial charge in [0.2, 0.25) is 0 Å². The van der Waals surface area contributed by atoms with Crippen LogP contribution in [0.25, 0.3) is 0 Å². The van der Waals surface area contributed by atoms with Crippen LogP contribution in [0.5, 0.6) is 5.06 Å². The summed E-state index contributed by atoms with van der Waals surface area (Å²) in [4.78, 5) is 18.8. The summed E-state index contributed by atoms with van der Waals surface area (Å²) < 4.78 is 6.54. The summed E-state index contributed by atoms with van der Waals surface area (Å²) in [5, 5.41) is 4.14. The molecule has 4 heterocycles. The van der Waals surface area contributed by atoms with Crippen LogP contribution in [0.4, 0.5) is 5.69 Å². The largest absolute Gasteiger partial charge is 0.484 e. The van der Waals surface area contributed by atoms with E-state index < -0.39 is 0 Å². The van der Waals surface area contributed by atoms with E-state index in [0.717, 1.165) is 81.8 Å². The molecule has 0 spiro atoms. The molecule has 0 radical (unpaired) electrons. The van der Waals surface area contributed by atoms with Crippen LogP contribution in [-0.2, 0) is 17.8 Å². The van der Waals surface area contributed by atoms with Gasteiger partial charge in [0.1, 0.15) is 13.1 Å². The van der Waals surface area contributed by atoms with Gasteiger partial charge in [-0.3, -0.25) is 0 Å². The Morgan fingerprint density at radius 2 is 1.79 bits per heavy atom. The fourth-order valence-corrected chi connectivity index (χ4v) is 6.73. The van der Waals surface area contributed by atoms with E-state index >= 15 is 0 Å². The molecule has 3 aliphatic rings. The molecule has 0 bridgehead atoms. The van der Waals surface area contributed by atoms with Gasteiger partial charge in [-0.25, -0.2) is 4.79 Å². The third kappa shape index (κ3) is 5.44. The van der Waals surface area contributed by atoms with E-state index in [1.165, 1.54) is 48.5 Å². The molecular weight excluding hydrogens is 468 g/mol. The number of hydrogen-bond acceptors (Lipinski definition) is 6. The molecule has 34 heavy (non-hydrogen) atoms. The fraction of sp³-hybridized carbons (Fsp3) is 0.577. The second-order valence-electron chi connectivity index (χ2n) is 9.76. The highest BCUT2D eigenvalue weighted by molar-refractivity contribution is 7.14. The highest BCUT2D eigenvalue weighted by Crippen LogP contribution is 2.36. The zero-order valence-corrected chi connectivity index (χ0v) is 21.5. The molecule has 5 rings (SSSR count). The fourth-order valence-electron chi connectivity index (χ4n) is 5.57. The average molecular weight is 504 g/mol. The number of ether oxygens (including phenoxy) is 1. The Bertz CT molecular complexity index is 954. The Labute approximate surface area is 212 Å². The SMILES string of the molecule is O=C[N+]1(N2CCN(c3ccc(Cl)cc3)CC2)CCc2sc(OCCCN3CCCCC3)cc2C1. The number of carbonyl (C=O) groups excluding carboxylic acids is 1. The molecule has 8 heteroatoms. The Morgan fingerprint density at radius 3 is 2.53 bits per heavy atom. The van der Waals surface area contributed by atoms with Gasteiger partial charge >= 0.3 is 6.41 Å². The van der Waals surface area contributed by atoms with Crippen molar-refractivity contribution < 1.29 is 14.1 Å². The molecule has 184 valence electrons. The highest BCUT2D eigenvalue weighted by atomic mass is 35.5. The summed E-state index contributed by atoms with van der Waals surface area (Å²) in [6.45, 7) is 9.56. The van der Waals surface area contributed by atoms with Gasteiger partial charge in [-0.2, -0.15) is 4.59 Å². The van der Waals surface area contributed by atoms with Crippen LogP contribution >= 0.6 is 22.9 Å². The van der Waals surface area contributed by atoms with E-state index in [9.17, 15) is 4.79 Å². The predicted octanol–water partition coefficient (Wildman–Crippen LogP) is 4.42. The summed E-state index contributed by atoms with van der Waals surface area (Å²) in [5.74, 6) is 0. The van der Waals surface area contributed by atoms with E-state index in [1.54, 1.807) is 11.3 Å². The van der Waals surface area contributed by atoms with Gasteiger partial charge in [0, 0.05) is 53.3 Å². The predicted molar refractivity (Wildman–Crippen MR) is 139 cm³/mol. The van der Waals surface area contributed by atoms with Crippen LogP contribution in [0.2, 0.25) is 5.02 Å². The van der Waals surface area contributed by atoms with Crippen molar-refractivity contribution in [1.29, 1.82) is 0 Å². The van der Waals surface area contributed by atoms with Crippen molar-refractivity contribution in [2.45, 2.75) is 38.6 Å². The number of piperidine rings is 1. The van der Waals surface area contributed by atoms with Crippen LogP contribution in [0, 0.1) is 0 Å². The van der Waals surface area contributed by atoms with Crippen molar-refractivity contribution in [3.63, 3.8) is 0 Å². The lowest BCUT2D eigenvalue weighted by Crippen LogP contribution is -2.65. The number of benzene rings is 1. The average Bonchev–Trinajstić information content (AvgIpc) is 3.29. The van der Waals surface area contributed by atoms with Crippen LogP contribution in [-0.4, -0.2) is 79.9 Å². The number of anilines is 1. The Hall–Kier alpha value is -1.64. The van der Waals surface area contributed by atoms with Gasteiger partial charge in [-0.05, 0) is 56.6 Å². The molecule has 2 saturated heterocycles. The number of carbonyl (C=O) groups is 1. The smallest absolute Gasteiger partial charge is 0.321 e. The molecule has 1 unspecified atom stereocenters. The number of fused-ring (bicyclic) bond motifs is 1. The number of amides is 1. The Morgan fingerprint density at radius 1 is 1.03 bits per heavy atom. The standard InChI is InChI=1S/C26H36ClN4O2S/c27-23-5-7-24(8-6-23)29-13-15-30(16-14-29)31(21-32)17-9-25-22(20-31)19-26(34-25)33-18-4-12-28-10-2-1-3-11-28/h5-8,19,21H,1-4,9-18,20H2/q+1. The third-order valence-corrected chi connectivity index (χ3v) is 8.96. The minimum absolute atomic E-state index is 0.409. The summed E-state index contributed by atoms with van der Waals surface area (Å²) in [6, 6.07) is 10.2. The first-order valence-electron chi connectivity index (χ1n) is 12.7. The minimum atomic E-state index is 0.409. The van der Waals surface area contributed by atoms with Gasteiger partial charge in [0.15, 0.2) is 5.06 Å². The lowest BCUT2D eigenvalue weighted by Gasteiger charge is -2.46. The molecule has 2 aromatic rings. The summed E-state index contributed by atoms with van der Waals surface area (Å²) in [5.41, 5.74) is 2.48. The molecule has 2 fully saturated rings. The topological polar surface area (TPSA) is 36.0 Å². The van der Waals surface area contributed by atoms with Crippen molar-refractivity contribution >= 4 is 35.0 Å². The number of hydrogen-bond donors (Lipinski definition) is 0. The molecule has 1 aromatic carbocycles. The minimum Gasteiger partial charge on any atom is -0.484 e. The zero-order valence-electron chi connectivity index (χ0n) is 20.0. The first-order chi connectivity index (χ1) is 16.6. The molecular formula is C26H36ClN4O2S+. The van der Waals surface area contributed by atoms with Gasteiger partial charge in [0.05, 0.1) is 19.7 Å². The molecule has 3 aliphatic heterocycles. The van der Waals surface area contributed by atoms with Crippen LogP contribution in [0.3, 0.4) is 0 Å². The van der Waals surface area contributed by atoms with Crippen molar-refractivity contribution in [3.8, 4) is 5.06 Å². The van der Waals surface area contributed by atoms with E-state index in [-0.39, 0.29) is 0 Å². The van der Waals surface area contributed by atoms with Crippen LogP contribution in [0.15, 0.2) is 30.3 Å². The Balaban J connectivity index is 1.14. The first-order valence-corrected chi connectivity index (χ1v) is 13.9. The lowest BCUT2D eigenvalue weighted by molar-refractivity contribution is -0.975. The zero-order chi connectivity index (χ0) is 23.4. The number of nitrogens with zero attached hydrogens (tertiary/aromatic N) is 4. The molecule has 0 saturated carbocycles. The van der Waals surface area contributed by atoms with Crippen molar-refractivity contribution in [3.05, 3.63) is 45.8 Å². The summed E-state index contributed by atoms with van der Waals surface area (Å²) >= 11 is 7.82. The second-order valence-corrected chi connectivity index (χ2v) is 11.3. The monoisotopic (exact) mass is 503 g/mol. The number of thiophene rings is 1. The second kappa shape index (κ2) is 11.0. The number of piperazine rings is 1. The van der Waals surface area contributed by atoms with Crippen molar-refractivity contribution in [2.75, 3.05) is 63.9 Å². The van der Waals surface area contributed by atoms with Crippen molar-refractivity contribution in [2.24, 2.45) is 0 Å². The van der Waals surface area contributed by atoms with Crippen molar-refractivity contribution in [1.82, 2.24) is 9.91 Å². The molecule has 0 N–H and O–H groups in total. The van der Waals surface area contributed by atoms with Gasteiger partial charge in [-0.15, -0.1) is 16.3 Å². The maximum Gasteiger partial charge on any atom is 0.321 e. The van der Waals surface area contributed by atoms with Gasteiger partial charge < -0.3 is 14.5 Å². The third-order valence-electron chi connectivity index (χ3n) is 7.56. The van der Waals surface area contributed by atoms with Gasteiger partial charge in [0.25, 0.3) is 0 Å². The quantitative estimate of drug-likeness (QED) is 0.303. The van der Waals surface area contributed by atoms with E-state index in [0.29, 0.717) is 4.59 Å². The molecule has 1 aromatic heterocycles. The molecule has 6 nitrogen and oxygen atoms in total. The summed E-state index contributed by atoms with van der Waals surface area (Å²) in [7, 11) is 0. The maximum absolute atomic E-state index is 12.4. The van der Waals surface area contributed by atoms with E-state index in [4.69, 9.17) is 16.3 Å². The number of rotatable bonds is 8. The maximum atomic E-state index is 12.4. The number of halogens is 1. The molecule has 1 atom stereocenters. The van der Waals surface area contributed by atoms with Crippen LogP contribution < -0.4 is 9.64 Å². The highest BCUT2D eigenvalue weighted by Gasteiger charge is 2.42. The van der Waals surface area contributed by atoms with Gasteiger partial charge in [-0.1, -0.05) is 18.0 Å². The molecule has 0 aliphatic carbocycles. The van der Waals surface area contributed by atoms with E-state index in [1.807, 2.05) is 12.1 Å². The van der Waals surface area contributed by atoms with E-state index in [2.05, 4.69) is 33.0 Å². The van der Waals surface area contributed by atoms with Crippen LogP contribution in [0.1, 0.15) is 36.1 Å².